The number of methoxy groups -OCH3 is 1. The monoisotopic (exact) mass is 486 g/mol. The first-order chi connectivity index (χ1) is 17.6. The molecule has 3 aromatic carbocycles. The predicted molar refractivity (Wildman–Crippen MR) is 139 cm³/mol. The lowest BCUT2D eigenvalue weighted by Gasteiger charge is -2.32. The Bertz CT molecular complexity index is 1340. The van der Waals surface area contributed by atoms with E-state index in [2.05, 4.69) is 15.3 Å². The van der Waals surface area contributed by atoms with E-state index in [-0.39, 0.29) is 11.7 Å². The molecule has 5 rings (SSSR count). The van der Waals surface area contributed by atoms with Gasteiger partial charge in [0, 0.05) is 29.6 Å². The summed E-state index contributed by atoms with van der Waals surface area (Å²) in [7, 11) is 1.66. The van der Waals surface area contributed by atoms with E-state index in [1.807, 2.05) is 65.5 Å². The van der Waals surface area contributed by atoms with Crippen molar-refractivity contribution in [1.29, 1.82) is 0 Å². The normalized spacial score (nSPS) is 14.7. The average Bonchev–Trinajstić information content (AvgIpc) is 3.31. The number of hydrogen-bond acceptors (Lipinski definition) is 4. The van der Waals surface area contributed by atoms with Crippen LogP contribution in [0.1, 0.15) is 34.3 Å². The molecule has 0 atom stereocenters. The van der Waals surface area contributed by atoms with Gasteiger partial charge in [-0.25, -0.2) is 4.39 Å². The zero-order valence-corrected chi connectivity index (χ0v) is 20.5. The molecule has 1 aromatic heterocycles. The second-order valence-corrected chi connectivity index (χ2v) is 9.45. The quantitative estimate of drug-likeness (QED) is 0.386. The first-order valence-electron chi connectivity index (χ1n) is 12.4. The highest BCUT2D eigenvalue weighted by molar-refractivity contribution is 5.97. The minimum atomic E-state index is -0.145. The van der Waals surface area contributed by atoms with Gasteiger partial charge in [-0.2, -0.15) is 5.10 Å². The lowest BCUT2D eigenvalue weighted by molar-refractivity contribution is 0.0935. The second-order valence-electron chi connectivity index (χ2n) is 9.45. The van der Waals surface area contributed by atoms with Gasteiger partial charge in [0.1, 0.15) is 11.6 Å². The third-order valence-electron chi connectivity index (χ3n) is 6.98. The molecule has 6 nitrogen and oxygen atoms in total. The summed E-state index contributed by atoms with van der Waals surface area (Å²) in [6.45, 7) is 3.69. The van der Waals surface area contributed by atoms with Gasteiger partial charge in [-0.05, 0) is 67.7 Å². The summed E-state index contributed by atoms with van der Waals surface area (Å²) < 4.78 is 21.2. The maximum absolute atomic E-state index is 13.9. The number of carbonyl (C=O) groups excluding carboxylic acids is 1. The summed E-state index contributed by atoms with van der Waals surface area (Å²) in [4.78, 5) is 15.2. The number of rotatable bonds is 8. The predicted octanol–water partition coefficient (Wildman–Crippen LogP) is 4.87. The van der Waals surface area contributed by atoms with Crippen LogP contribution in [0.5, 0.6) is 5.75 Å². The van der Waals surface area contributed by atoms with Crippen molar-refractivity contribution >= 4 is 16.8 Å². The summed E-state index contributed by atoms with van der Waals surface area (Å²) in [5, 5.41) is 8.64. The van der Waals surface area contributed by atoms with Crippen molar-refractivity contribution in [3.63, 3.8) is 0 Å². The van der Waals surface area contributed by atoms with Crippen LogP contribution in [0.25, 0.3) is 10.9 Å². The minimum Gasteiger partial charge on any atom is -0.497 e. The van der Waals surface area contributed by atoms with Gasteiger partial charge in [0.2, 0.25) is 0 Å². The molecule has 1 saturated heterocycles. The Kier molecular flexibility index (Phi) is 7.28. The lowest BCUT2D eigenvalue weighted by Crippen LogP contribution is -2.38. The Hall–Kier alpha value is -3.71. The molecule has 1 N–H and O–H groups in total. The van der Waals surface area contributed by atoms with Crippen LogP contribution < -0.4 is 10.1 Å². The molecule has 0 bridgehead atoms. The maximum atomic E-state index is 13.9. The zero-order chi connectivity index (χ0) is 24.9. The molecule has 7 heteroatoms. The van der Waals surface area contributed by atoms with Crippen LogP contribution in [0.4, 0.5) is 4.39 Å². The van der Waals surface area contributed by atoms with Crippen molar-refractivity contribution in [3.8, 4) is 5.75 Å². The van der Waals surface area contributed by atoms with Crippen molar-refractivity contribution in [2.45, 2.75) is 25.9 Å². The van der Waals surface area contributed by atoms with Gasteiger partial charge in [0.15, 0.2) is 0 Å². The number of piperidine rings is 1. The Morgan fingerprint density at radius 1 is 1.06 bits per heavy atom. The number of aromatic nitrogens is 2. The van der Waals surface area contributed by atoms with Crippen LogP contribution in [-0.4, -0.2) is 47.3 Å². The first-order valence-corrected chi connectivity index (χ1v) is 12.4. The van der Waals surface area contributed by atoms with Gasteiger partial charge < -0.3 is 10.1 Å². The van der Waals surface area contributed by atoms with E-state index in [1.54, 1.807) is 13.2 Å². The van der Waals surface area contributed by atoms with E-state index in [0.29, 0.717) is 31.1 Å². The van der Waals surface area contributed by atoms with Gasteiger partial charge in [-0.3, -0.25) is 14.4 Å². The number of nitrogens with one attached hydrogen (secondary N) is 1. The molecule has 36 heavy (non-hydrogen) atoms. The summed E-state index contributed by atoms with van der Waals surface area (Å²) in [5.74, 6) is 1.02. The second kappa shape index (κ2) is 10.9. The number of fused-ring (bicyclic) bond motifs is 1. The molecule has 1 fully saturated rings. The SMILES string of the molecule is COc1cccc(Cn2ncc3ccc(C(=O)NCC4CCN(Cc5ccccc5F)CC4)cc32)c1. The number of nitrogens with zero attached hydrogens (tertiary/aromatic N) is 3. The molecular formula is C29H31FN4O2. The Morgan fingerprint density at radius 3 is 2.69 bits per heavy atom. The summed E-state index contributed by atoms with van der Waals surface area (Å²) >= 11 is 0. The smallest absolute Gasteiger partial charge is 0.251 e. The van der Waals surface area contributed by atoms with E-state index in [1.165, 1.54) is 6.07 Å². The molecule has 0 radical (unpaired) electrons. The number of amides is 1. The number of hydrogen-bond donors (Lipinski definition) is 1. The average molecular weight is 487 g/mol. The number of ether oxygens (including phenoxy) is 1. The molecule has 1 aliphatic rings. The van der Waals surface area contributed by atoms with Crippen LogP contribution in [0.15, 0.2) is 72.9 Å². The van der Waals surface area contributed by atoms with E-state index in [4.69, 9.17) is 4.74 Å². The molecule has 4 aromatic rings. The van der Waals surface area contributed by atoms with Crippen LogP contribution in [-0.2, 0) is 13.1 Å². The van der Waals surface area contributed by atoms with Gasteiger partial charge in [-0.15, -0.1) is 0 Å². The molecule has 2 heterocycles. The molecule has 0 spiro atoms. The Balaban J connectivity index is 1.16. The van der Waals surface area contributed by atoms with Crippen LogP contribution in [0.3, 0.4) is 0 Å². The molecular weight excluding hydrogens is 455 g/mol. The third kappa shape index (κ3) is 5.57. The summed E-state index contributed by atoms with van der Waals surface area (Å²) in [6.07, 6.45) is 3.80. The van der Waals surface area contributed by atoms with E-state index < -0.39 is 0 Å². The third-order valence-corrected chi connectivity index (χ3v) is 6.98. The molecule has 186 valence electrons. The van der Waals surface area contributed by atoms with Crippen molar-refractivity contribution in [2.75, 3.05) is 26.7 Å². The number of likely N-dealkylation sites (tertiary alicyclic amines) is 1. The molecule has 1 amide bonds. The highest BCUT2D eigenvalue weighted by Gasteiger charge is 2.21. The van der Waals surface area contributed by atoms with Gasteiger partial charge >= 0.3 is 0 Å². The van der Waals surface area contributed by atoms with E-state index in [0.717, 1.165) is 53.7 Å². The highest BCUT2D eigenvalue weighted by Crippen LogP contribution is 2.21. The van der Waals surface area contributed by atoms with Crippen LogP contribution >= 0.6 is 0 Å². The van der Waals surface area contributed by atoms with Crippen molar-refractivity contribution in [1.82, 2.24) is 20.0 Å². The van der Waals surface area contributed by atoms with Crippen LogP contribution in [0, 0.1) is 11.7 Å². The van der Waals surface area contributed by atoms with E-state index in [9.17, 15) is 9.18 Å². The highest BCUT2D eigenvalue weighted by atomic mass is 19.1. The number of carbonyl (C=O) groups is 1. The fourth-order valence-corrected chi connectivity index (χ4v) is 4.84. The molecule has 1 aliphatic heterocycles. The molecule has 0 unspecified atom stereocenters. The summed E-state index contributed by atoms with van der Waals surface area (Å²) in [5.41, 5.74) is 3.37. The Labute approximate surface area is 210 Å². The zero-order valence-electron chi connectivity index (χ0n) is 20.5. The summed E-state index contributed by atoms with van der Waals surface area (Å²) in [6, 6.07) is 20.6. The van der Waals surface area contributed by atoms with Gasteiger partial charge in [0.05, 0.1) is 25.4 Å². The van der Waals surface area contributed by atoms with E-state index >= 15 is 0 Å². The largest absolute Gasteiger partial charge is 0.497 e. The first kappa shape index (κ1) is 24.0. The standard InChI is InChI=1S/C29H31FN4O2/c1-36-26-7-4-5-22(15-26)19-34-28-16-23(9-10-24(28)18-32-34)29(35)31-17-21-11-13-33(14-12-21)20-25-6-2-3-8-27(25)30/h2-10,15-16,18,21H,11-14,17,19-20H2,1H3,(H,31,35). The fourth-order valence-electron chi connectivity index (χ4n) is 4.84. The lowest BCUT2D eigenvalue weighted by atomic mass is 9.96. The van der Waals surface area contributed by atoms with Crippen molar-refractivity contribution < 1.29 is 13.9 Å². The van der Waals surface area contributed by atoms with Gasteiger partial charge in [0.25, 0.3) is 5.91 Å². The minimum absolute atomic E-state index is 0.0696. The van der Waals surface area contributed by atoms with Gasteiger partial charge in [-0.1, -0.05) is 36.4 Å². The molecule has 0 aliphatic carbocycles. The maximum Gasteiger partial charge on any atom is 0.251 e. The molecule has 0 saturated carbocycles. The fraction of sp³-hybridized carbons (Fsp3) is 0.310. The number of halogens is 1. The Morgan fingerprint density at radius 2 is 1.89 bits per heavy atom. The number of benzene rings is 3. The van der Waals surface area contributed by atoms with Crippen LogP contribution in [0.2, 0.25) is 0 Å². The van der Waals surface area contributed by atoms with Crippen molar-refractivity contribution in [3.05, 3.63) is 95.4 Å². The van der Waals surface area contributed by atoms with Crippen molar-refractivity contribution in [2.24, 2.45) is 5.92 Å². The topological polar surface area (TPSA) is 59.4 Å².